The minimum absolute atomic E-state index is 0.797. The van der Waals surface area contributed by atoms with Crippen LogP contribution < -0.4 is 5.73 Å². The Morgan fingerprint density at radius 2 is 2.12 bits per heavy atom. The van der Waals surface area contributed by atoms with Crippen LogP contribution in [0.4, 0.5) is 5.69 Å². The van der Waals surface area contributed by atoms with Crippen molar-refractivity contribution in [3.05, 3.63) is 29.3 Å². The lowest BCUT2D eigenvalue weighted by Gasteiger charge is -2.02. The van der Waals surface area contributed by atoms with Gasteiger partial charge in [-0.25, -0.2) is 0 Å². The monoisotopic (exact) mass is 219 g/mol. The van der Waals surface area contributed by atoms with Crippen molar-refractivity contribution in [1.82, 2.24) is 19.6 Å². The number of anilines is 1. The Balaban J connectivity index is 2.07. The molecule has 16 heavy (non-hydrogen) atoms. The first-order chi connectivity index (χ1) is 7.58. The van der Waals surface area contributed by atoms with Crippen molar-refractivity contribution >= 4 is 5.69 Å². The van der Waals surface area contributed by atoms with Crippen LogP contribution in [0.25, 0.3) is 0 Å². The first-order valence-corrected chi connectivity index (χ1v) is 5.35. The third kappa shape index (κ3) is 1.93. The molecule has 0 saturated heterocycles. The molecule has 2 aromatic heterocycles. The second kappa shape index (κ2) is 4.00. The van der Waals surface area contributed by atoms with E-state index in [0.717, 1.165) is 30.0 Å². The van der Waals surface area contributed by atoms with E-state index in [2.05, 4.69) is 10.2 Å². The Kier molecular flexibility index (Phi) is 2.68. The molecule has 0 radical (unpaired) electrons. The summed E-state index contributed by atoms with van der Waals surface area (Å²) in [6, 6.07) is 0. The molecule has 0 aliphatic carbocycles. The van der Waals surface area contributed by atoms with Gasteiger partial charge in [0.25, 0.3) is 0 Å². The number of nitrogens with two attached hydrogens (primary N) is 1. The lowest BCUT2D eigenvalue weighted by atomic mass is 10.2. The summed E-state index contributed by atoms with van der Waals surface area (Å²) in [6.45, 7) is 4.77. The molecule has 5 nitrogen and oxygen atoms in total. The number of hydrogen-bond donors (Lipinski definition) is 1. The summed E-state index contributed by atoms with van der Waals surface area (Å²) < 4.78 is 3.77. The van der Waals surface area contributed by atoms with Gasteiger partial charge in [0.05, 0.1) is 23.3 Å². The molecule has 0 spiro atoms. The average Bonchev–Trinajstić information content (AvgIpc) is 2.76. The maximum absolute atomic E-state index is 5.88. The van der Waals surface area contributed by atoms with Gasteiger partial charge in [-0.2, -0.15) is 10.2 Å². The third-order valence-electron chi connectivity index (χ3n) is 2.81. The van der Waals surface area contributed by atoms with Crippen LogP contribution in [0.2, 0.25) is 0 Å². The van der Waals surface area contributed by atoms with Crippen molar-refractivity contribution in [3.8, 4) is 0 Å². The molecular formula is C11H17N5. The number of rotatable bonds is 3. The first kappa shape index (κ1) is 10.7. The van der Waals surface area contributed by atoms with Gasteiger partial charge in [0.15, 0.2) is 0 Å². The second-order valence-corrected chi connectivity index (χ2v) is 4.08. The Bertz CT molecular complexity index is 494. The number of nitrogen functional groups attached to an aromatic ring is 1. The molecule has 0 aliphatic rings. The summed E-state index contributed by atoms with van der Waals surface area (Å²) in [7, 11) is 1.92. The fourth-order valence-electron chi connectivity index (χ4n) is 1.76. The predicted octanol–water partition coefficient (Wildman–Crippen LogP) is 1.06. The van der Waals surface area contributed by atoms with Gasteiger partial charge in [-0.3, -0.25) is 9.36 Å². The topological polar surface area (TPSA) is 61.7 Å². The van der Waals surface area contributed by atoms with E-state index in [1.54, 1.807) is 0 Å². The normalized spacial score (nSPS) is 10.9. The summed E-state index contributed by atoms with van der Waals surface area (Å²) in [4.78, 5) is 0. The minimum atomic E-state index is 0.797. The largest absolute Gasteiger partial charge is 0.396 e. The van der Waals surface area contributed by atoms with E-state index >= 15 is 0 Å². The van der Waals surface area contributed by atoms with Crippen molar-refractivity contribution < 1.29 is 0 Å². The van der Waals surface area contributed by atoms with Crippen molar-refractivity contribution in [1.29, 1.82) is 0 Å². The standard InChI is InChI=1S/C11H17N5/c1-8-11(12)9(2)16(14-8)5-4-10-6-13-15(3)7-10/h6-7H,4-5,12H2,1-3H3. The number of aromatic nitrogens is 4. The van der Waals surface area contributed by atoms with Crippen molar-refractivity contribution in [2.75, 3.05) is 5.73 Å². The van der Waals surface area contributed by atoms with Crippen LogP contribution in [0.15, 0.2) is 12.4 Å². The maximum atomic E-state index is 5.88. The van der Waals surface area contributed by atoms with Gasteiger partial charge in [0.2, 0.25) is 0 Å². The molecule has 2 rings (SSSR count). The van der Waals surface area contributed by atoms with Gasteiger partial charge in [0.1, 0.15) is 0 Å². The highest BCUT2D eigenvalue weighted by atomic mass is 15.3. The molecule has 0 saturated carbocycles. The molecule has 2 aromatic rings. The smallest absolute Gasteiger partial charge is 0.0825 e. The molecule has 0 fully saturated rings. The zero-order valence-corrected chi connectivity index (χ0v) is 9.94. The molecule has 2 N–H and O–H groups in total. The molecule has 0 aromatic carbocycles. The SMILES string of the molecule is Cc1nn(CCc2cnn(C)c2)c(C)c1N. The summed E-state index contributed by atoms with van der Waals surface area (Å²) in [6.07, 6.45) is 4.83. The van der Waals surface area contributed by atoms with E-state index < -0.39 is 0 Å². The Morgan fingerprint density at radius 1 is 1.38 bits per heavy atom. The number of hydrogen-bond acceptors (Lipinski definition) is 3. The molecule has 2 heterocycles. The van der Waals surface area contributed by atoms with Gasteiger partial charge in [0, 0.05) is 19.8 Å². The molecule has 0 amide bonds. The highest BCUT2D eigenvalue weighted by Crippen LogP contribution is 2.15. The zero-order chi connectivity index (χ0) is 11.7. The molecule has 0 atom stereocenters. The van der Waals surface area contributed by atoms with Gasteiger partial charge in [-0.1, -0.05) is 0 Å². The quantitative estimate of drug-likeness (QED) is 0.839. The fraction of sp³-hybridized carbons (Fsp3) is 0.455. The second-order valence-electron chi connectivity index (χ2n) is 4.08. The van der Waals surface area contributed by atoms with Crippen LogP contribution in [0, 0.1) is 13.8 Å². The highest BCUT2D eigenvalue weighted by molar-refractivity contribution is 5.46. The lowest BCUT2D eigenvalue weighted by molar-refractivity contribution is 0.594. The number of aryl methyl sites for hydroxylation is 4. The van der Waals surface area contributed by atoms with E-state index in [9.17, 15) is 0 Å². The Labute approximate surface area is 94.9 Å². The lowest BCUT2D eigenvalue weighted by Crippen LogP contribution is -2.05. The molecule has 86 valence electrons. The maximum Gasteiger partial charge on any atom is 0.0825 e. The Hall–Kier alpha value is -1.78. The van der Waals surface area contributed by atoms with E-state index in [1.807, 2.05) is 42.7 Å². The van der Waals surface area contributed by atoms with Crippen LogP contribution in [0.1, 0.15) is 17.0 Å². The van der Waals surface area contributed by atoms with E-state index in [-0.39, 0.29) is 0 Å². The molecule has 0 unspecified atom stereocenters. The van der Waals surface area contributed by atoms with Crippen molar-refractivity contribution in [2.24, 2.45) is 7.05 Å². The van der Waals surface area contributed by atoms with Crippen LogP contribution in [-0.2, 0) is 20.0 Å². The molecule has 5 heteroatoms. The van der Waals surface area contributed by atoms with Gasteiger partial charge < -0.3 is 5.73 Å². The summed E-state index contributed by atoms with van der Waals surface area (Å²) in [5.74, 6) is 0. The van der Waals surface area contributed by atoms with Crippen LogP contribution in [0.5, 0.6) is 0 Å². The van der Waals surface area contributed by atoms with Crippen LogP contribution >= 0.6 is 0 Å². The van der Waals surface area contributed by atoms with Gasteiger partial charge in [-0.05, 0) is 25.8 Å². The Morgan fingerprint density at radius 3 is 2.62 bits per heavy atom. The minimum Gasteiger partial charge on any atom is -0.396 e. The third-order valence-corrected chi connectivity index (χ3v) is 2.81. The van der Waals surface area contributed by atoms with Crippen molar-refractivity contribution in [3.63, 3.8) is 0 Å². The van der Waals surface area contributed by atoms with Crippen LogP contribution in [-0.4, -0.2) is 19.6 Å². The van der Waals surface area contributed by atoms with Gasteiger partial charge in [-0.15, -0.1) is 0 Å². The first-order valence-electron chi connectivity index (χ1n) is 5.35. The highest BCUT2D eigenvalue weighted by Gasteiger charge is 2.07. The van der Waals surface area contributed by atoms with E-state index in [1.165, 1.54) is 5.56 Å². The number of nitrogens with zero attached hydrogens (tertiary/aromatic N) is 4. The molecule has 0 aliphatic heterocycles. The van der Waals surface area contributed by atoms with Crippen molar-refractivity contribution in [2.45, 2.75) is 26.8 Å². The zero-order valence-electron chi connectivity index (χ0n) is 9.94. The van der Waals surface area contributed by atoms with Gasteiger partial charge >= 0.3 is 0 Å². The summed E-state index contributed by atoms with van der Waals surface area (Å²) in [5, 5.41) is 8.53. The van der Waals surface area contributed by atoms with E-state index in [0.29, 0.717) is 0 Å². The van der Waals surface area contributed by atoms with E-state index in [4.69, 9.17) is 5.73 Å². The predicted molar refractivity (Wildman–Crippen MR) is 63.0 cm³/mol. The fourth-order valence-corrected chi connectivity index (χ4v) is 1.76. The molecular weight excluding hydrogens is 202 g/mol. The van der Waals surface area contributed by atoms with Crippen LogP contribution in [0.3, 0.4) is 0 Å². The summed E-state index contributed by atoms with van der Waals surface area (Å²) in [5.41, 5.74) is 9.84. The summed E-state index contributed by atoms with van der Waals surface area (Å²) >= 11 is 0. The average molecular weight is 219 g/mol. The molecule has 0 bridgehead atoms.